The largest absolute Gasteiger partial charge is 0.467 e. The standard InChI is InChI=1S/C23H30N4O2S/c1-16-11-17(2)20-13-18(22(28)25-21(20)12-16)15-27(9-6-8-26(3)4)23(30)24-14-19-7-5-10-29-19/h5,7,10-13H,6,8-9,14-15H2,1-4H3,(H,24,30)(H,25,28). The number of nitrogens with zero attached hydrogens (tertiary/aromatic N) is 2. The van der Waals surface area contributed by atoms with E-state index in [1.807, 2.05) is 31.2 Å². The molecule has 0 bridgehead atoms. The molecule has 0 unspecified atom stereocenters. The van der Waals surface area contributed by atoms with Crippen LogP contribution in [0.1, 0.15) is 28.9 Å². The second-order valence-corrected chi connectivity index (χ2v) is 8.37. The Morgan fingerprint density at radius 2 is 2.00 bits per heavy atom. The monoisotopic (exact) mass is 426 g/mol. The Kier molecular flexibility index (Phi) is 7.29. The average Bonchev–Trinajstić information content (AvgIpc) is 3.19. The number of furan rings is 1. The summed E-state index contributed by atoms with van der Waals surface area (Å²) in [6.45, 7) is 6.78. The maximum atomic E-state index is 12.8. The number of fused-ring (bicyclic) bond motifs is 1. The van der Waals surface area contributed by atoms with Crippen molar-refractivity contribution in [1.29, 1.82) is 0 Å². The van der Waals surface area contributed by atoms with Crippen molar-refractivity contribution in [2.75, 3.05) is 27.2 Å². The summed E-state index contributed by atoms with van der Waals surface area (Å²) in [5, 5.41) is 4.94. The Morgan fingerprint density at radius 1 is 1.20 bits per heavy atom. The number of hydrogen-bond donors (Lipinski definition) is 2. The lowest BCUT2D eigenvalue weighted by molar-refractivity contribution is 0.339. The number of benzene rings is 1. The molecule has 0 aliphatic rings. The summed E-state index contributed by atoms with van der Waals surface area (Å²) in [5.41, 5.74) is 3.80. The van der Waals surface area contributed by atoms with Gasteiger partial charge in [-0.15, -0.1) is 0 Å². The van der Waals surface area contributed by atoms with E-state index in [0.717, 1.165) is 47.3 Å². The molecule has 3 aromatic rings. The Labute approximate surface area is 182 Å². The number of aromatic nitrogens is 1. The summed E-state index contributed by atoms with van der Waals surface area (Å²) in [4.78, 5) is 20.0. The fraction of sp³-hybridized carbons (Fsp3) is 0.391. The van der Waals surface area contributed by atoms with E-state index in [-0.39, 0.29) is 5.56 Å². The third kappa shape index (κ3) is 5.70. The Bertz CT molecular complexity index is 1060. The van der Waals surface area contributed by atoms with Crippen molar-refractivity contribution in [2.24, 2.45) is 0 Å². The average molecular weight is 427 g/mol. The molecule has 3 rings (SSSR count). The van der Waals surface area contributed by atoms with Gasteiger partial charge in [0.05, 0.1) is 19.4 Å². The molecule has 0 radical (unpaired) electrons. The highest BCUT2D eigenvalue weighted by Gasteiger charge is 2.14. The van der Waals surface area contributed by atoms with Crippen molar-refractivity contribution in [1.82, 2.24) is 20.1 Å². The topological polar surface area (TPSA) is 64.5 Å². The van der Waals surface area contributed by atoms with Gasteiger partial charge in [0.25, 0.3) is 5.56 Å². The number of pyridine rings is 1. The fourth-order valence-electron chi connectivity index (χ4n) is 3.56. The van der Waals surface area contributed by atoms with Gasteiger partial charge in [0.15, 0.2) is 5.11 Å². The van der Waals surface area contributed by atoms with Gasteiger partial charge in [0, 0.05) is 23.0 Å². The normalized spacial score (nSPS) is 11.2. The van der Waals surface area contributed by atoms with Crippen LogP contribution in [-0.2, 0) is 13.1 Å². The van der Waals surface area contributed by atoms with Gasteiger partial charge in [-0.2, -0.15) is 0 Å². The zero-order valence-corrected chi connectivity index (χ0v) is 18.9. The van der Waals surface area contributed by atoms with Crippen LogP contribution in [0.3, 0.4) is 0 Å². The van der Waals surface area contributed by atoms with Crippen LogP contribution in [0, 0.1) is 13.8 Å². The highest BCUT2D eigenvalue weighted by molar-refractivity contribution is 7.80. The second kappa shape index (κ2) is 9.91. The number of nitrogens with one attached hydrogen (secondary N) is 2. The number of aromatic amines is 1. The van der Waals surface area contributed by atoms with Crippen LogP contribution < -0.4 is 10.9 Å². The highest BCUT2D eigenvalue weighted by atomic mass is 32.1. The first-order valence-corrected chi connectivity index (χ1v) is 10.6. The smallest absolute Gasteiger partial charge is 0.253 e. The van der Waals surface area contributed by atoms with Crippen LogP contribution >= 0.6 is 12.2 Å². The van der Waals surface area contributed by atoms with Gasteiger partial charge in [-0.3, -0.25) is 4.79 Å². The molecule has 0 aliphatic heterocycles. The van der Waals surface area contributed by atoms with E-state index < -0.39 is 0 Å². The minimum absolute atomic E-state index is 0.0704. The van der Waals surface area contributed by atoms with Crippen LogP contribution in [0.4, 0.5) is 0 Å². The Morgan fingerprint density at radius 3 is 2.70 bits per heavy atom. The van der Waals surface area contributed by atoms with Gasteiger partial charge in [-0.25, -0.2) is 0 Å². The number of H-pyrrole nitrogens is 1. The Hall–Kier alpha value is -2.64. The highest BCUT2D eigenvalue weighted by Crippen LogP contribution is 2.19. The van der Waals surface area contributed by atoms with Crippen molar-refractivity contribution in [3.8, 4) is 0 Å². The molecule has 0 aliphatic carbocycles. The predicted octanol–water partition coefficient (Wildman–Crippen LogP) is 3.57. The third-order valence-corrected chi connectivity index (χ3v) is 5.47. The van der Waals surface area contributed by atoms with E-state index in [1.54, 1.807) is 6.26 Å². The molecular weight excluding hydrogens is 396 g/mol. The minimum Gasteiger partial charge on any atom is -0.467 e. The maximum absolute atomic E-state index is 12.8. The molecular formula is C23H30N4O2S. The number of aryl methyl sites for hydroxylation is 2. The van der Waals surface area contributed by atoms with Crippen LogP contribution in [0.25, 0.3) is 10.9 Å². The number of thiocarbonyl (C=S) groups is 1. The van der Waals surface area contributed by atoms with Gasteiger partial charge in [0.2, 0.25) is 0 Å². The molecule has 7 heteroatoms. The van der Waals surface area contributed by atoms with E-state index in [9.17, 15) is 4.79 Å². The molecule has 6 nitrogen and oxygen atoms in total. The first kappa shape index (κ1) is 22.1. The summed E-state index contributed by atoms with van der Waals surface area (Å²) in [6.07, 6.45) is 2.59. The van der Waals surface area contributed by atoms with Gasteiger partial charge in [-0.1, -0.05) is 6.07 Å². The Balaban J connectivity index is 1.81. The molecule has 2 heterocycles. The lowest BCUT2D eigenvalue weighted by Gasteiger charge is -2.26. The summed E-state index contributed by atoms with van der Waals surface area (Å²) in [5.74, 6) is 0.820. The van der Waals surface area contributed by atoms with Crippen molar-refractivity contribution in [3.63, 3.8) is 0 Å². The molecule has 0 amide bonds. The summed E-state index contributed by atoms with van der Waals surface area (Å²) >= 11 is 5.66. The van der Waals surface area contributed by atoms with Gasteiger partial charge in [0.1, 0.15) is 5.76 Å². The molecule has 0 atom stereocenters. The van der Waals surface area contributed by atoms with Crippen LogP contribution in [0.15, 0.2) is 45.8 Å². The summed E-state index contributed by atoms with van der Waals surface area (Å²) in [6, 6.07) is 9.90. The third-order valence-electron chi connectivity index (χ3n) is 5.07. The second-order valence-electron chi connectivity index (χ2n) is 7.98. The van der Waals surface area contributed by atoms with E-state index >= 15 is 0 Å². The molecule has 160 valence electrons. The van der Waals surface area contributed by atoms with E-state index in [0.29, 0.717) is 23.8 Å². The van der Waals surface area contributed by atoms with Crippen LogP contribution in [0.5, 0.6) is 0 Å². The first-order valence-electron chi connectivity index (χ1n) is 10.2. The van der Waals surface area contributed by atoms with Gasteiger partial charge < -0.3 is 24.5 Å². The van der Waals surface area contributed by atoms with Crippen molar-refractivity contribution in [3.05, 3.63) is 69.4 Å². The molecule has 0 saturated carbocycles. The van der Waals surface area contributed by atoms with Gasteiger partial charge in [-0.05, 0) is 88.5 Å². The molecule has 2 aromatic heterocycles. The van der Waals surface area contributed by atoms with Crippen LogP contribution in [0.2, 0.25) is 0 Å². The summed E-state index contributed by atoms with van der Waals surface area (Å²) in [7, 11) is 4.10. The fourth-order valence-corrected chi connectivity index (χ4v) is 3.79. The molecule has 0 fully saturated rings. The molecule has 0 spiro atoms. The van der Waals surface area contributed by atoms with Crippen molar-refractivity contribution >= 4 is 28.2 Å². The zero-order chi connectivity index (χ0) is 21.7. The number of rotatable bonds is 8. The molecule has 0 saturated heterocycles. The first-order chi connectivity index (χ1) is 14.3. The molecule has 30 heavy (non-hydrogen) atoms. The number of hydrogen-bond acceptors (Lipinski definition) is 4. The molecule has 2 N–H and O–H groups in total. The lowest BCUT2D eigenvalue weighted by Crippen LogP contribution is -2.41. The zero-order valence-electron chi connectivity index (χ0n) is 18.1. The van der Waals surface area contributed by atoms with E-state index in [4.69, 9.17) is 16.6 Å². The lowest BCUT2D eigenvalue weighted by atomic mass is 10.0. The quantitative estimate of drug-likeness (QED) is 0.537. The van der Waals surface area contributed by atoms with Crippen LogP contribution in [-0.4, -0.2) is 47.1 Å². The van der Waals surface area contributed by atoms with Gasteiger partial charge >= 0.3 is 0 Å². The molecule has 1 aromatic carbocycles. The van der Waals surface area contributed by atoms with E-state index in [2.05, 4.69) is 47.2 Å². The summed E-state index contributed by atoms with van der Waals surface area (Å²) < 4.78 is 5.38. The SMILES string of the molecule is Cc1cc(C)c2cc(CN(CCCN(C)C)C(=S)NCc3ccco3)c(=O)[nH]c2c1. The van der Waals surface area contributed by atoms with Crippen molar-refractivity contribution in [2.45, 2.75) is 33.4 Å². The van der Waals surface area contributed by atoms with E-state index in [1.165, 1.54) is 0 Å². The van der Waals surface area contributed by atoms with Crippen molar-refractivity contribution < 1.29 is 4.42 Å². The predicted molar refractivity (Wildman–Crippen MR) is 126 cm³/mol. The minimum atomic E-state index is -0.0704. The maximum Gasteiger partial charge on any atom is 0.253 e.